The fraction of sp³-hybridized carbons (Fsp3) is 0.424. The van der Waals surface area contributed by atoms with E-state index in [0.29, 0.717) is 36.4 Å². The number of alkyl halides is 6. The second-order valence-corrected chi connectivity index (χ2v) is 14.8. The van der Waals surface area contributed by atoms with Crippen LogP contribution in [0.2, 0.25) is 0 Å². The van der Waals surface area contributed by atoms with E-state index in [9.17, 15) is 62.9 Å². The zero-order valence-corrected chi connectivity index (χ0v) is 27.3. The van der Waals surface area contributed by atoms with E-state index >= 15 is 0 Å². The molecule has 5 rings (SSSR count). The van der Waals surface area contributed by atoms with Crippen molar-refractivity contribution in [2.75, 3.05) is 32.8 Å². The summed E-state index contributed by atoms with van der Waals surface area (Å²) in [5.74, 6) is -3.70. The Balaban J connectivity index is 1.57. The van der Waals surface area contributed by atoms with E-state index in [0.717, 1.165) is 35.2 Å². The van der Waals surface area contributed by atoms with Gasteiger partial charge in [0.2, 0.25) is 0 Å². The van der Waals surface area contributed by atoms with E-state index in [4.69, 9.17) is 0 Å². The molecular formula is C33H31F9N2O6S. The molecule has 51 heavy (non-hydrogen) atoms. The van der Waals surface area contributed by atoms with Gasteiger partial charge in [0.05, 0.1) is 23.7 Å². The summed E-state index contributed by atoms with van der Waals surface area (Å²) < 4.78 is 160. The molecule has 278 valence electrons. The van der Waals surface area contributed by atoms with Crippen LogP contribution in [0.5, 0.6) is 0 Å². The normalized spacial score (nSPS) is 20.1. The van der Waals surface area contributed by atoms with Gasteiger partial charge in [0.15, 0.2) is 9.84 Å². The lowest BCUT2D eigenvalue weighted by atomic mass is 9.88. The highest BCUT2D eigenvalue weighted by molar-refractivity contribution is 7.92. The minimum atomic E-state index is -6.25. The number of rotatable bonds is 8. The SMILES string of the molecule is O=C(N1CCC(O)(CO)CC1)N1CC[C@](c2ccc(C(OCc3c(F)cccc3F)(C(F)(F)F)C(F)(F)F)cc2)(S(=O)(=O)c2ccc(F)cc2)C1. The molecule has 3 aromatic rings. The molecule has 0 radical (unpaired) electrons. The summed E-state index contributed by atoms with van der Waals surface area (Å²) in [5, 5.41) is 19.8. The van der Waals surface area contributed by atoms with E-state index in [1.807, 2.05) is 0 Å². The maximum atomic E-state index is 14.5. The van der Waals surface area contributed by atoms with Crippen molar-refractivity contribution in [2.45, 2.75) is 59.1 Å². The maximum Gasteiger partial charge on any atom is 0.430 e. The molecule has 2 N–H and O–H groups in total. The molecule has 0 saturated carbocycles. The number of carbonyl (C=O) groups excluding carboxylic acids is 1. The lowest BCUT2D eigenvalue weighted by molar-refractivity contribution is -0.392. The van der Waals surface area contributed by atoms with Gasteiger partial charge in [-0.25, -0.2) is 26.4 Å². The van der Waals surface area contributed by atoms with Crippen molar-refractivity contribution < 1.29 is 67.7 Å². The number of ether oxygens (including phenoxy) is 1. The summed E-state index contributed by atoms with van der Waals surface area (Å²) in [6.07, 6.45) is -12.9. The van der Waals surface area contributed by atoms with Crippen molar-refractivity contribution in [1.29, 1.82) is 0 Å². The molecule has 0 unspecified atom stereocenters. The van der Waals surface area contributed by atoms with Crippen molar-refractivity contribution in [3.63, 3.8) is 0 Å². The number of aliphatic hydroxyl groups excluding tert-OH is 1. The second kappa shape index (κ2) is 13.6. The maximum absolute atomic E-state index is 14.5. The summed E-state index contributed by atoms with van der Waals surface area (Å²) in [6, 6.07) is 7.10. The number of piperidine rings is 1. The van der Waals surface area contributed by atoms with Crippen LogP contribution in [-0.4, -0.2) is 85.2 Å². The Morgan fingerprint density at radius 1 is 0.784 bits per heavy atom. The Morgan fingerprint density at radius 2 is 1.31 bits per heavy atom. The van der Waals surface area contributed by atoms with E-state index < -0.39 is 97.4 Å². The lowest BCUT2D eigenvalue weighted by Crippen LogP contribution is -2.56. The van der Waals surface area contributed by atoms with Gasteiger partial charge >= 0.3 is 18.4 Å². The van der Waals surface area contributed by atoms with Gasteiger partial charge < -0.3 is 24.7 Å². The molecule has 18 heteroatoms. The van der Waals surface area contributed by atoms with Crippen LogP contribution in [-0.2, 0) is 31.5 Å². The number of likely N-dealkylation sites (tertiary alicyclic amines) is 2. The summed E-state index contributed by atoms with van der Waals surface area (Å²) in [6.45, 7) is -3.19. The molecule has 2 amide bonds. The van der Waals surface area contributed by atoms with Crippen LogP contribution in [0, 0.1) is 17.5 Å². The fourth-order valence-corrected chi connectivity index (χ4v) is 8.54. The molecule has 3 aromatic carbocycles. The number of urea groups is 1. The number of carbonyl (C=O) groups is 1. The van der Waals surface area contributed by atoms with Crippen molar-refractivity contribution in [3.05, 3.63) is 101 Å². The molecule has 0 aliphatic carbocycles. The monoisotopic (exact) mass is 754 g/mol. The molecule has 0 aromatic heterocycles. The van der Waals surface area contributed by atoms with Gasteiger partial charge in [-0.2, -0.15) is 26.3 Å². The Bertz CT molecular complexity index is 1810. The van der Waals surface area contributed by atoms with Gasteiger partial charge in [0.1, 0.15) is 22.2 Å². The minimum Gasteiger partial charge on any atom is -0.393 e. The van der Waals surface area contributed by atoms with Gasteiger partial charge in [-0.05, 0) is 61.2 Å². The van der Waals surface area contributed by atoms with Crippen LogP contribution >= 0.6 is 0 Å². The Morgan fingerprint density at radius 3 is 1.82 bits per heavy atom. The number of hydrogen-bond acceptors (Lipinski definition) is 6. The van der Waals surface area contributed by atoms with Crippen LogP contribution < -0.4 is 0 Å². The number of aliphatic hydroxyl groups is 2. The molecule has 1 atom stereocenters. The van der Waals surface area contributed by atoms with Gasteiger partial charge in [-0.1, -0.05) is 30.3 Å². The second-order valence-electron chi connectivity index (χ2n) is 12.5. The summed E-state index contributed by atoms with van der Waals surface area (Å²) >= 11 is 0. The predicted octanol–water partition coefficient (Wildman–Crippen LogP) is 5.95. The molecular weight excluding hydrogens is 723 g/mol. The third-order valence-electron chi connectivity index (χ3n) is 9.51. The smallest absolute Gasteiger partial charge is 0.393 e. The van der Waals surface area contributed by atoms with Crippen LogP contribution in [0.1, 0.15) is 36.0 Å². The molecule has 2 saturated heterocycles. The quantitative estimate of drug-likeness (QED) is 0.218. The van der Waals surface area contributed by atoms with E-state index in [1.165, 1.54) is 4.90 Å². The zero-order chi connectivity index (χ0) is 37.6. The third kappa shape index (κ3) is 6.78. The number of halogens is 9. The highest BCUT2D eigenvalue weighted by Gasteiger charge is 2.73. The Labute approximate surface area is 286 Å². The van der Waals surface area contributed by atoms with Crippen LogP contribution in [0.15, 0.2) is 71.6 Å². The van der Waals surface area contributed by atoms with Crippen molar-refractivity contribution >= 4 is 15.9 Å². The molecule has 2 aliphatic rings. The van der Waals surface area contributed by atoms with E-state index in [1.54, 1.807) is 0 Å². The van der Waals surface area contributed by atoms with E-state index in [-0.39, 0.29) is 44.5 Å². The first-order valence-corrected chi connectivity index (χ1v) is 16.9. The third-order valence-corrected chi connectivity index (χ3v) is 12.0. The first-order chi connectivity index (χ1) is 23.7. The highest BCUT2D eigenvalue weighted by Crippen LogP contribution is 2.54. The average molecular weight is 755 g/mol. The summed E-state index contributed by atoms with van der Waals surface area (Å²) in [5.41, 5.74) is -9.63. The number of benzene rings is 3. The van der Waals surface area contributed by atoms with Crippen LogP contribution in [0.3, 0.4) is 0 Å². The topological polar surface area (TPSA) is 107 Å². The molecule has 0 bridgehead atoms. The molecule has 0 spiro atoms. The summed E-state index contributed by atoms with van der Waals surface area (Å²) in [4.78, 5) is 15.5. The Kier molecular flexibility index (Phi) is 10.2. The number of amides is 2. The molecule has 2 fully saturated rings. The van der Waals surface area contributed by atoms with Gasteiger partial charge in [-0.15, -0.1) is 0 Å². The van der Waals surface area contributed by atoms with Crippen molar-refractivity contribution in [1.82, 2.24) is 9.80 Å². The fourth-order valence-electron chi connectivity index (χ4n) is 6.46. The average Bonchev–Trinajstić information content (AvgIpc) is 3.53. The predicted molar refractivity (Wildman–Crippen MR) is 161 cm³/mol. The van der Waals surface area contributed by atoms with Gasteiger partial charge in [-0.3, -0.25) is 0 Å². The van der Waals surface area contributed by atoms with Gasteiger partial charge in [0, 0.05) is 37.3 Å². The van der Waals surface area contributed by atoms with Crippen molar-refractivity contribution in [2.24, 2.45) is 0 Å². The number of nitrogens with zero attached hydrogens (tertiary/aromatic N) is 2. The van der Waals surface area contributed by atoms with Crippen LogP contribution in [0.25, 0.3) is 0 Å². The minimum absolute atomic E-state index is 0.00739. The highest BCUT2D eigenvalue weighted by atomic mass is 32.2. The van der Waals surface area contributed by atoms with Crippen LogP contribution in [0.4, 0.5) is 44.3 Å². The molecule has 8 nitrogen and oxygen atoms in total. The largest absolute Gasteiger partial charge is 0.430 e. The first-order valence-electron chi connectivity index (χ1n) is 15.4. The molecule has 2 heterocycles. The van der Waals surface area contributed by atoms with Crippen molar-refractivity contribution in [3.8, 4) is 0 Å². The number of hydrogen-bond donors (Lipinski definition) is 2. The standard InChI is InChI=1S/C33H31F9N2O6S/c34-23-8-10-24(11-9-23)51(48,49)30(14-17-44(19-30)28(46)43-15-12-29(47,20-45)13-16-43)21-4-6-22(7-5-21)31(32(37,38)39,33(40,41)42)50-18-25-26(35)2-1-3-27(25)36/h1-11,45,47H,12-20H2/t30-/m0/s1. The lowest BCUT2D eigenvalue weighted by Gasteiger charge is -2.39. The molecule has 2 aliphatic heterocycles. The van der Waals surface area contributed by atoms with Gasteiger partial charge in [0.25, 0.3) is 5.60 Å². The zero-order valence-electron chi connectivity index (χ0n) is 26.4. The first kappa shape index (κ1) is 38.4. The Hall–Kier alpha value is -3.87. The van der Waals surface area contributed by atoms with E-state index in [2.05, 4.69) is 4.74 Å². The summed E-state index contributed by atoms with van der Waals surface area (Å²) in [7, 11) is -4.66. The number of sulfone groups is 1.